The molecule has 1 atom stereocenters. The van der Waals surface area contributed by atoms with Gasteiger partial charge in [0.15, 0.2) is 0 Å². The molecule has 1 unspecified atom stereocenters. The van der Waals surface area contributed by atoms with Crippen molar-refractivity contribution in [3.05, 3.63) is 0 Å². The summed E-state index contributed by atoms with van der Waals surface area (Å²) in [6.07, 6.45) is 0.737. The van der Waals surface area contributed by atoms with E-state index < -0.39 is 17.6 Å². The predicted octanol–water partition coefficient (Wildman–Crippen LogP) is 0.259. The van der Waals surface area contributed by atoms with Crippen molar-refractivity contribution < 1.29 is 9.59 Å². The average molecular weight is 199 g/mol. The van der Waals surface area contributed by atoms with Crippen molar-refractivity contribution in [3.8, 4) is 0 Å². The van der Waals surface area contributed by atoms with Gasteiger partial charge in [0.1, 0.15) is 0 Å². The van der Waals surface area contributed by atoms with Gasteiger partial charge in [0.25, 0.3) is 0 Å². The second-order valence-electron chi connectivity index (χ2n) is 3.68. The van der Waals surface area contributed by atoms with E-state index in [1.807, 2.05) is 13.8 Å². The zero-order valence-corrected chi connectivity index (χ0v) is 8.83. The van der Waals surface area contributed by atoms with E-state index in [1.54, 1.807) is 7.05 Å². The first-order valence-electron chi connectivity index (χ1n) is 4.83. The van der Waals surface area contributed by atoms with Crippen molar-refractivity contribution in [3.63, 3.8) is 0 Å². The van der Waals surface area contributed by atoms with E-state index >= 15 is 0 Å². The molecule has 80 valence electrons. The molecule has 0 aliphatic carbocycles. The number of hydrogen-bond donors (Lipinski definition) is 2. The van der Waals surface area contributed by atoms with E-state index in [4.69, 9.17) is 5.73 Å². The zero-order chi connectivity index (χ0) is 10.9. The molecule has 0 spiro atoms. The van der Waals surface area contributed by atoms with Crippen LogP contribution in [0.4, 0.5) is 4.79 Å². The Kier molecular flexibility index (Phi) is 2.80. The van der Waals surface area contributed by atoms with Crippen LogP contribution in [0.5, 0.6) is 0 Å². The number of amides is 3. The summed E-state index contributed by atoms with van der Waals surface area (Å²) < 4.78 is 0. The number of urea groups is 1. The molecule has 3 N–H and O–H groups in total. The molecule has 5 nitrogen and oxygen atoms in total. The fraction of sp³-hybridized carbons (Fsp3) is 0.778. The lowest BCUT2D eigenvalue weighted by Gasteiger charge is -2.44. The molecule has 5 heteroatoms. The topological polar surface area (TPSA) is 75.4 Å². The number of nitrogens with one attached hydrogen (secondary N) is 1. The first-order valence-corrected chi connectivity index (χ1v) is 4.83. The molecule has 0 aromatic heterocycles. The van der Waals surface area contributed by atoms with Crippen molar-refractivity contribution in [1.29, 1.82) is 0 Å². The minimum Gasteiger partial charge on any atom is -0.311 e. The molecule has 0 radical (unpaired) electrons. The number of nitrogens with two attached hydrogens (primary N) is 1. The first-order chi connectivity index (χ1) is 6.49. The minimum absolute atomic E-state index is 0.252. The molecule has 1 heterocycles. The van der Waals surface area contributed by atoms with E-state index in [9.17, 15) is 9.59 Å². The van der Waals surface area contributed by atoms with Gasteiger partial charge in [-0.1, -0.05) is 13.8 Å². The average Bonchev–Trinajstić information content (AvgIpc) is 2.17. The second kappa shape index (κ2) is 3.57. The summed E-state index contributed by atoms with van der Waals surface area (Å²) in [5, 5.41) is 2.32. The monoisotopic (exact) mass is 199 g/mol. The highest BCUT2D eigenvalue weighted by atomic mass is 16.2. The Morgan fingerprint density at radius 1 is 1.43 bits per heavy atom. The van der Waals surface area contributed by atoms with Gasteiger partial charge < -0.3 is 10.6 Å². The smallest absolute Gasteiger partial charge is 0.311 e. The summed E-state index contributed by atoms with van der Waals surface area (Å²) in [5.41, 5.74) is 5.27. The van der Waals surface area contributed by atoms with E-state index in [0.29, 0.717) is 12.8 Å². The van der Waals surface area contributed by atoms with Gasteiger partial charge in [-0.3, -0.25) is 10.1 Å². The van der Waals surface area contributed by atoms with Crippen LogP contribution < -0.4 is 11.1 Å². The van der Waals surface area contributed by atoms with Gasteiger partial charge in [-0.25, -0.2) is 4.79 Å². The molecule has 0 aromatic rings. The van der Waals surface area contributed by atoms with Gasteiger partial charge in [0.05, 0.1) is 11.6 Å². The molecular weight excluding hydrogens is 182 g/mol. The van der Waals surface area contributed by atoms with Crippen molar-refractivity contribution in [1.82, 2.24) is 10.2 Å². The predicted molar refractivity (Wildman–Crippen MR) is 52.3 cm³/mol. The summed E-state index contributed by atoms with van der Waals surface area (Å²) in [6.45, 7) is 3.82. The van der Waals surface area contributed by atoms with Crippen LogP contribution in [0.2, 0.25) is 0 Å². The highest BCUT2D eigenvalue weighted by Gasteiger charge is 2.48. The molecule has 1 aliphatic heterocycles. The molecule has 3 amide bonds. The number of hydrogen-bond acceptors (Lipinski definition) is 3. The molecule has 1 saturated heterocycles. The van der Waals surface area contributed by atoms with Crippen LogP contribution in [0.25, 0.3) is 0 Å². The SMILES string of the molecule is CCC1(CC)C(=O)NC(=O)N(C)C1N. The molecular formula is C9H17N3O2. The molecule has 0 aromatic carbocycles. The number of rotatable bonds is 2. The number of carbonyl (C=O) groups excluding carboxylic acids is 2. The van der Waals surface area contributed by atoms with E-state index in [-0.39, 0.29) is 5.91 Å². The van der Waals surface area contributed by atoms with Gasteiger partial charge in [0, 0.05) is 7.05 Å². The van der Waals surface area contributed by atoms with Crippen LogP contribution in [0.3, 0.4) is 0 Å². The van der Waals surface area contributed by atoms with Crippen LogP contribution in [0.15, 0.2) is 0 Å². The summed E-state index contributed by atoms with van der Waals surface area (Å²) in [7, 11) is 1.60. The maximum atomic E-state index is 11.7. The van der Waals surface area contributed by atoms with Gasteiger partial charge in [-0.15, -0.1) is 0 Å². The number of imide groups is 1. The third-order valence-electron chi connectivity index (χ3n) is 3.24. The van der Waals surface area contributed by atoms with E-state index in [2.05, 4.69) is 5.32 Å². The number of carbonyl (C=O) groups is 2. The second-order valence-corrected chi connectivity index (χ2v) is 3.68. The van der Waals surface area contributed by atoms with Crippen LogP contribution in [-0.4, -0.2) is 30.1 Å². The van der Waals surface area contributed by atoms with Gasteiger partial charge >= 0.3 is 6.03 Å². The van der Waals surface area contributed by atoms with Gasteiger partial charge in [-0.2, -0.15) is 0 Å². The Morgan fingerprint density at radius 3 is 2.36 bits per heavy atom. The largest absolute Gasteiger partial charge is 0.325 e. The van der Waals surface area contributed by atoms with Crippen LogP contribution in [0.1, 0.15) is 26.7 Å². The van der Waals surface area contributed by atoms with Crippen molar-refractivity contribution in [2.45, 2.75) is 32.9 Å². The molecule has 1 fully saturated rings. The quantitative estimate of drug-likeness (QED) is 0.669. The minimum atomic E-state index is -0.636. The van der Waals surface area contributed by atoms with E-state index in [1.165, 1.54) is 4.90 Å². The zero-order valence-electron chi connectivity index (χ0n) is 8.83. The lowest BCUT2D eigenvalue weighted by atomic mass is 9.77. The molecule has 0 bridgehead atoms. The van der Waals surface area contributed by atoms with Crippen LogP contribution >= 0.6 is 0 Å². The van der Waals surface area contributed by atoms with Gasteiger partial charge in [-0.05, 0) is 12.8 Å². The Balaban J connectivity index is 3.05. The lowest BCUT2D eigenvalue weighted by Crippen LogP contribution is -2.67. The maximum Gasteiger partial charge on any atom is 0.325 e. The Labute approximate surface area is 83.6 Å². The summed E-state index contributed by atoms with van der Waals surface area (Å²) in [5.74, 6) is -0.252. The third-order valence-corrected chi connectivity index (χ3v) is 3.24. The van der Waals surface area contributed by atoms with Crippen LogP contribution in [0, 0.1) is 5.41 Å². The maximum absolute atomic E-state index is 11.7. The number of nitrogens with zero attached hydrogens (tertiary/aromatic N) is 1. The standard InChI is InChI=1S/C9H17N3O2/c1-4-9(5-2)6(10)12(3)8(14)11-7(9)13/h6H,4-5,10H2,1-3H3,(H,11,13,14). The van der Waals surface area contributed by atoms with Crippen LogP contribution in [-0.2, 0) is 4.79 Å². The fourth-order valence-electron chi connectivity index (χ4n) is 1.93. The first kappa shape index (κ1) is 11.0. The summed E-state index contributed by atoms with van der Waals surface area (Å²) in [6, 6.07) is -0.417. The fourth-order valence-corrected chi connectivity index (χ4v) is 1.93. The molecule has 14 heavy (non-hydrogen) atoms. The Morgan fingerprint density at radius 2 is 1.93 bits per heavy atom. The van der Waals surface area contributed by atoms with Crippen molar-refractivity contribution >= 4 is 11.9 Å². The van der Waals surface area contributed by atoms with E-state index in [0.717, 1.165) is 0 Å². The highest BCUT2D eigenvalue weighted by molar-refractivity contribution is 6.00. The van der Waals surface area contributed by atoms with Gasteiger partial charge in [0.2, 0.25) is 5.91 Å². The molecule has 1 rings (SSSR count). The molecule has 0 saturated carbocycles. The van der Waals surface area contributed by atoms with Crippen molar-refractivity contribution in [2.75, 3.05) is 7.05 Å². The lowest BCUT2D eigenvalue weighted by molar-refractivity contribution is -0.136. The Bertz CT molecular complexity index is 261. The molecule has 1 aliphatic rings. The normalized spacial score (nSPS) is 26.3. The summed E-state index contributed by atoms with van der Waals surface area (Å²) in [4.78, 5) is 24.3. The highest BCUT2D eigenvalue weighted by Crippen LogP contribution is 2.33. The van der Waals surface area contributed by atoms with Crippen molar-refractivity contribution in [2.24, 2.45) is 11.1 Å². The Hall–Kier alpha value is -1.10. The third kappa shape index (κ3) is 1.28. The summed E-state index contributed by atoms with van der Waals surface area (Å²) >= 11 is 0.